The van der Waals surface area contributed by atoms with Gasteiger partial charge in [0.25, 0.3) is 0 Å². The van der Waals surface area contributed by atoms with E-state index in [-0.39, 0.29) is 0 Å². The molecule has 2 rings (SSSR count). The van der Waals surface area contributed by atoms with Crippen LogP contribution in [0.1, 0.15) is 36.2 Å². The van der Waals surface area contributed by atoms with Crippen molar-refractivity contribution in [2.45, 2.75) is 32.7 Å². The van der Waals surface area contributed by atoms with E-state index in [0.717, 1.165) is 34.0 Å². The maximum atomic E-state index is 4.58. The van der Waals surface area contributed by atoms with E-state index >= 15 is 0 Å². The van der Waals surface area contributed by atoms with Crippen molar-refractivity contribution in [2.24, 2.45) is 7.05 Å². The lowest BCUT2D eigenvalue weighted by molar-refractivity contribution is 0.535. The minimum Gasteiger partial charge on any atom is -0.309 e. The van der Waals surface area contributed by atoms with Crippen LogP contribution in [0.4, 0.5) is 0 Å². The molecule has 2 aromatic rings. The second-order valence-corrected chi connectivity index (χ2v) is 7.32. The van der Waals surface area contributed by atoms with E-state index in [1.807, 2.05) is 11.7 Å². The molecule has 0 aromatic carbocycles. The molecule has 0 amide bonds. The van der Waals surface area contributed by atoms with Gasteiger partial charge in [-0.1, -0.05) is 13.8 Å². The van der Waals surface area contributed by atoms with Crippen LogP contribution in [0.5, 0.6) is 0 Å². The van der Waals surface area contributed by atoms with Crippen molar-refractivity contribution in [1.29, 1.82) is 0 Å². The van der Waals surface area contributed by atoms with Crippen molar-refractivity contribution in [3.63, 3.8) is 0 Å². The molecule has 2 aromatic heterocycles. The molecule has 3 nitrogen and oxygen atoms in total. The van der Waals surface area contributed by atoms with Crippen molar-refractivity contribution >= 4 is 43.2 Å². The molecule has 110 valence electrons. The summed E-state index contributed by atoms with van der Waals surface area (Å²) in [6.45, 7) is 5.23. The number of hydrogen-bond acceptors (Lipinski definition) is 3. The number of nitrogens with one attached hydrogen (secondary N) is 1. The number of rotatable bonds is 6. The number of likely N-dealkylation sites (N-methyl/N-ethyl adjacent to an activating group) is 1. The summed E-state index contributed by atoms with van der Waals surface area (Å²) in [4.78, 5) is 1.35. The highest BCUT2D eigenvalue weighted by Gasteiger charge is 2.19. The van der Waals surface area contributed by atoms with Crippen LogP contribution in [0, 0.1) is 0 Å². The molecule has 1 N–H and O–H groups in total. The average Bonchev–Trinajstić information content (AvgIpc) is 2.96. The number of hydrogen-bond donors (Lipinski definition) is 1. The number of thiophene rings is 1. The zero-order valence-electron chi connectivity index (χ0n) is 11.9. The molecule has 1 atom stereocenters. The molecule has 20 heavy (non-hydrogen) atoms. The van der Waals surface area contributed by atoms with Gasteiger partial charge >= 0.3 is 0 Å². The minimum absolute atomic E-state index is 0.327. The Bertz CT molecular complexity index is 577. The Kier molecular flexibility index (Phi) is 5.84. The number of aryl methyl sites for hydroxylation is 2. The second-order valence-electron chi connectivity index (χ2n) is 4.67. The summed E-state index contributed by atoms with van der Waals surface area (Å²) in [7, 11) is 2.02. The van der Waals surface area contributed by atoms with Gasteiger partial charge in [0.05, 0.1) is 15.9 Å². The lowest BCUT2D eigenvalue weighted by Crippen LogP contribution is -2.23. The zero-order valence-corrected chi connectivity index (χ0v) is 15.9. The summed E-state index contributed by atoms with van der Waals surface area (Å²) in [6.07, 6.45) is 1.88. The third-order valence-corrected chi connectivity index (χ3v) is 6.00. The molecule has 0 bridgehead atoms. The van der Waals surface area contributed by atoms with Crippen LogP contribution in [0.3, 0.4) is 0 Å². The Morgan fingerprint density at radius 3 is 2.65 bits per heavy atom. The van der Waals surface area contributed by atoms with Crippen LogP contribution >= 0.6 is 43.2 Å². The molecule has 0 spiro atoms. The summed E-state index contributed by atoms with van der Waals surface area (Å²) in [6, 6.07) is 2.52. The SMILES string of the molecule is CCNC(Cc1c(Br)c(CC)nn1C)c1cc(Br)cs1. The topological polar surface area (TPSA) is 29.9 Å². The molecule has 0 fully saturated rings. The largest absolute Gasteiger partial charge is 0.309 e. The summed E-state index contributed by atoms with van der Waals surface area (Å²) < 4.78 is 4.30. The predicted octanol–water partition coefficient (Wildman–Crippen LogP) is 4.46. The fraction of sp³-hybridized carbons (Fsp3) is 0.500. The molecule has 1 unspecified atom stereocenters. The standard InChI is InChI=1S/C14H19Br2N3S/c1-4-10-14(16)12(19(3)18-10)7-11(17-5-2)13-6-9(15)8-20-13/h6,8,11,17H,4-5,7H2,1-3H3. The molecule has 0 aliphatic carbocycles. The molecular weight excluding hydrogens is 402 g/mol. The fourth-order valence-electron chi connectivity index (χ4n) is 2.27. The summed E-state index contributed by atoms with van der Waals surface area (Å²) in [5.74, 6) is 0. The second kappa shape index (κ2) is 7.20. The van der Waals surface area contributed by atoms with Gasteiger partial charge in [0.1, 0.15) is 0 Å². The van der Waals surface area contributed by atoms with Gasteiger partial charge in [-0.2, -0.15) is 5.10 Å². The number of halogens is 2. The zero-order chi connectivity index (χ0) is 14.7. The van der Waals surface area contributed by atoms with E-state index in [2.05, 4.69) is 67.6 Å². The van der Waals surface area contributed by atoms with E-state index < -0.39 is 0 Å². The molecule has 0 aliphatic rings. The Morgan fingerprint density at radius 1 is 1.40 bits per heavy atom. The molecule has 0 aliphatic heterocycles. The first-order valence-electron chi connectivity index (χ1n) is 6.74. The maximum Gasteiger partial charge on any atom is 0.0766 e. The third kappa shape index (κ3) is 3.53. The normalized spacial score (nSPS) is 12.8. The average molecular weight is 421 g/mol. The molecular formula is C14H19Br2N3S. The fourth-order valence-corrected chi connectivity index (χ4v) is 4.56. The first-order chi connectivity index (χ1) is 9.56. The highest BCUT2D eigenvalue weighted by molar-refractivity contribution is 9.10. The van der Waals surface area contributed by atoms with Crippen LogP contribution in [0.25, 0.3) is 0 Å². The van der Waals surface area contributed by atoms with E-state index in [1.165, 1.54) is 10.6 Å². The lowest BCUT2D eigenvalue weighted by Gasteiger charge is -2.17. The van der Waals surface area contributed by atoms with Gasteiger partial charge in [0.2, 0.25) is 0 Å². The van der Waals surface area contributed by atoms with Crippen LogP contribution in [0.2, 0.25) is 0 Å². The molecule has 0 saturated heterocycles. The van der Waals surface area contributed by atoms with Crippen LogP contribution in [-0.4, -0.2) is 16.3 Å². The first kappa shape index (κ1) is 16.2. The monoisotopic (exact) mass is 419 g/mol. The van der Waals surface area contributed by atoms with Crippen molar-refractivity contribution in [3.8, 4) is 0 Å². The van der Waals surface area contributed by atoms with E-state index in [0.29, 0.717) is 6.04 Å². The summed E-state index contributed by atoms with van der Waals surface area (Å²) >= 11 is 9.03. The quantitative estimate of drug-likeness (QED) is 0.747. The van der Waals surface area contributed by atoms with Gasteiger partial charge in [-0.3, -0.25) is 4.68 Å². The van der Waals surface area contributed by atoms with Crippen molar-refractivity contribution in [3.05, 3.63) is 36.7 Å². The third-order valence-electron chi connectivity index (χ3n) is 3.28. The predicted molar refractivity (Wildman–Crippen MR) is 92.4 cm³/mol. The number of nitrogens with zero attached hydrogens (tertiary/aromatic N) is 2. The highest BCUT2D eigenvalue weighted by atomic mass is 79.9. The Hall–Kier alpha value is -0.170. The van der Waals surface area contributed by atoms with Crippen molar-refractivity contribution in [1.82, 2.24) is 15.1 Å². The van der Waals surface area contributed by atoms with Crippen LogP contribution in [-0.2, 0) is 19.9 Å². The molecule has 6 heteroatoms. The van der Waals surface area contributed by atoms with Crippen molar-refractivity contribution in [2.75, 3.05) is 6.54 Å². The van der Waals surface area contributed by atoms with E-state index in [1.54, 1.807) is 11.3 Å². The van der Waals surface area contributed by atoms with E-state index in [4.69, 9.17) is 0 Å². The van der Waals surface area contributed by atoms with Crippen molar-refractivity contribution < 1.29 is 0 Å². The van der Waals surface area contributed by atoms with E-state index in [9.17, 15) is 0 Å². The van der Waals surface area contributed by atoms with Gasteiger partial charge in [0, 0.05) is 34.2 Å². The summed E-state index contributed by atoms with van der Waals surface area (Å²) in [5.41, 5.74) is 2.38. The Balaban J connectivity index is 2.26. The minimum atomic E-state index is 0.327. The Labute approximate surface area is 141 Å². The maximum absolute atomic E-state index is 4.58. The van der Waals surface area contributed by atoms with Gasteiger partial charge in [-0.15, -0.1) is 11.3 Å². The van der Waals surface area contributed by atoms with Crippen LogP contribution < -0.4 is 5.32 Å². The number of aromatic nitrogens is 2. The van der Waals surface area contributed by atoms with Gasteiger partial charge in [0.15, 0.2) is 0 Å². The van der Waals surface area contributed by atoms with Gasteiger partial charge in [-0.25, -0.2) is 0 Å². The lowest BCUT2D eigenvalue weighted by atomic mass is 10.1. The van der Waals surface area contributed by atoms with Crippen LogP contribution in [0.15, 0.2) is 20.4 Å². The molecule has 2 heterocycles. The van der Waals surface area contributed by atoms with Gasteiger partial charge in [-0.05, 0) is 50.9 Å². The van der Waals surface area contributed by atoms with Gasteiger partial charge < -0.3 is 5.32 Å². The first-order valence-corrected chi connectivity index (χ1v) is 9.20. The smallest absolute Gasteiger partial charge is 0.0766 e. The molecule has 0 radical (unpaired) electrons. The highest BCUT2D eigenvalue weighted by Crippen LogP contribution is 2.31. The Morgan fingerprint density at radius 2 is 2.15 bits per heavy atom. The summed E-state index contributed by atoms with van der Waals surface area (Å²) in [5, 5.41) is 10.3. The molecule has 0 saturated carbocycles.